The van der Waals surface area contributed by atoms with Crippen molar-refractivity contribution < 1.29 is 35.7 Å². The van der Waals surface area contributed by atoms with Crippen LogP contribution in [0.5, 0.6) is 5.75 Å². The van der Waals surface area contributed by atoms with Crippen LogP contribution in [0, 0.1) is 0 Å². The number of alkyl halides is 3. The van der Waals surface area contributed by atoms with Gasteiger partial charge in [-0.3, -0.25) is 4.79 Å². The van der Waals surface area contributed by atoms with E-state index in [-0.39, 0.29) is 36.7 Å². The Morgan fingerprint density at radius 3 is 2.52 bits per heavy atom. The summed E-state index contributed by atoms with van der Waals surface area (Å²) in [6.07, 6.45) is -2.94. The highest BCUT2D eigenvalue weighted by molar-refractivity contribution is 7.86. The quantitative estimate of drug-likeness (QED) is 0.233. The average Bonchev–Trinajstić information content (AvgIpc) is 3.29. The Morgan fingerprint density at radius 2 is 1.81 bits per heavy atom. The van der Waals surface area contributed by atoms with Gasteiger partial charge in [-0.15, -0.1) is 0 Å². The molecule has 42 heavy (non-hydrogen) atoms. The molecule has 3 N–H and O–H groups in total. The maximum atomic E-state index is 13.5. The number of amides is 1. The predicted molar refractivity (Wildman–Crippen MR) is 151 cm³/mol. The van der Waals surface area contributed by atoms with E-state index < -0.39 is 39.9 Å². The van der Waals surface area contributed by atoms with Crippen molar-refractivity contribution in [2.24, 2.45) is 0 Å². The first-order chi connectivity index (χ1) is 19.9. The normalized spacial score (nSPS) is 15.6. The summed E-state index contributed by atoms with van der Waals surface area (Å²) in [4.78, 5) is 13.5. The summed E-state index contributed by atoms with van der Waals surface area (Å²) in [6.45, 7) is 2.00. The first-order valence-electron chi connectivity index (χ1n) is 13.4. The fraction of sp³-hybridized carbons (Fsp3) is 0.300. The van der Waals surface area contributed by atoms with Crippen LogP contribution in [0.4, 0.5) is 13.2 Å². The second-order valence-corrected chi connectivity index (χ2v) is 11.8. The molecule has 222 valence electrons. The molecule has 0 saturated carbocycles. The number of aromatic nitrogens is 1. The number of aliphatic hydroxyl groups is 1. The lowest BCUT2D eigenvalue weighted by atomic mass is 10.00. The standard InChI is InChI=1S/C30H30F3N3O5S/c1-2-21-17-36-18-42(39,40)41-27-14-22(13-24(21)28(27)36)29(38)35-25(12-19-7-4-3-5-8-19)26(37)16-34-15-20-9-6-10-23(11-20)30(31,32)33/h3-11,13-14,17,25-26,34,37H,2,12,15-16,18H2,1H3,(H,35,38)/t25-,26+/m0/s1. The van der Waals surface area contributed by atoms with E-state index in [1.165, 1.54) is 12.1 Å². The minimum atomic E-state index is -4.46. The van der Waals surface area contributed by atoms with Gasteiger partial charge in [0.25, 0.3) is 5.91 Å². The Hall–Kier alpha value is -3.87. The second kappa shape index (κ2) is 11.8. The minimum Gasteiger partial charge on any atom is -0.390 e. The van der Waals surface area contributed by atoms with Gasteiger partial charge in [0.1, 0.15) is 0 Å². The van der Waals surface area contributed by atoms with Gasteiger partial charge < -0.3 is 24.5 Å². The van der Waals surface area contributed by atoms with Crippen LogP contribution in [0.1, 0.15) is 39.5 Å². The van der Waals surface area contributed by atoms with E-state index in [4.69, 9.17) is 4.18 Å². The molecule has 2 heterocycles. The number of halogens is 3. The molecule has 2 atom stereocenters. The Balaban J connectivity index is 1.35. The molecule has 4 aromatic rings. The number of hydrogen-bond donors (Lipinski definition) is 3. The molecule has 1 amide bonds. The maximum Gasteiger partial charge on any atom is 0.416 e. The molecule has 1 aliphatic heterocycles. The number of nitrogens with one attached hydrogen (secondary N) is 2. The van der Waals surface area contributed by atoms with Gasteiger partial charge in [-0.25, -0.2) is 0 Å². The van der Waals surface area contributed by atoms with Crippen molar-refractivity contribution in [2.75, 3.05) is 6.54 Å². The highest BCUT2D eigenvalue weighted by Gasteiger charge is 2.31. The number of hydrogen-bond acceptors (Lipinski definition) is 6. The molecule has 0 spiro atoms. The van der Waals surface area contributed by atoms with Crippen LogP contribution < -0.4 is 14.8 Å². The summed E-state index contributed by atoms with van der Waals surface area (Å²) in [7, 11) is -3.88. The lowest BCUT2D eigenvalue weighted by Gasteiger charge is -2.25. The minimum absolute atomic E-state index is 0.0114. The number of aryl methyl sites for hydroxylation is 1. The van der Waals surface area contributed by atoms with Gasteiger partial charge in [0.05, 0.1) is 23.2 Å². The van der Waals surface area contributed by atoms with Crippen molar-refractivity contribution >= 4 is 26.9 Å². The van der Waals surface area contributed by atoms with Crippen LogP contribution in [0.15, 0.2) is 72.9 Å². The molecular formula is C30H30F3N3O5S. The zero-order valence-corrected chi connectivity index (χ0v) is 23.5. The van der Waals surface area contributed by atoms with E-state index in [0.29, 0.717) is 22.9 Å². The summed E-state index contributed by atoms with van der Waals surface area (Å²) >= 11 is 0. The molecule has 0 aliphatic carbocycles. The first kappa shape index (κ1) is 29.6. The van der Waals surface area contributed by atoms with Gasteiger partial charge >= 0.3 is 16.3 Å². The van der Waals surface area contributed by atoms with Gasteiger partial charge in [0.2, 0.25) is 0 Å². The lowest BCUT2D eigenvalue weighted by Crippen LogP contribution is -2.48. The number of carbonyl (C=O) groups is 1. The Kier molecular flexibility index (Phi) is 8.31. The molecule has 5 rings (SSSR count). The number of carbonyl (C=O) groups excluding carboxylic acids is 1. The topological polar surface area (TPSA) is 110 Å². The predicted octanol–water partition coefficient (Wildman–Crippen LogP) is 4.39. The average molecular weight is 602 g/mol. The van der Waals surface area contributed by atoms with Gasteiger partial charge in [-0.1, -0.05) is 55.5 Å². The van der Waals surface area contributed by atoms with Crippen molar-refractivity contribution in [2.45, 2.75) is 50.5 Å². The number of nitrogens with zero attached hydrogens (tertiary/aromatic N) is 1. The zero-order chi connectivity index (χ0) is 30.1. The van der Waals surface area contributed by atoms with E-state index in [9.17, 15) is 31.5 Å². The van der Waals surface area contributed by atoms with Gasteiger partial charge in [0, 0.05) is 30.2 Å². The van der Waals surface area contributed by atoms with Crippen molar-refractivity contribution in [3.8, 4) is 5.75 Å². The van der Waals surface area contributed by atoms with Crippen LogP contribution in [0.3, 0.4) is 0 Å². The van der Waals surface area contributed by atoms with Gasteiger partial charge in [-0.05, 0) is 47.7 Å². The Morgan fingerprint density at radius 1 is 1.07 bits per heavy atom. The fourth-order valence-corrected chi connectivity index (χ4v) is 6.15. The Bertz CT molecular complexity index is 1700. The molecule has 0 fully saturated rings. The molecule has 1 aliphatic rings. The monoisotopic (exact) mass is 601 g/mol. The van der Waals surface area contributed by atoms with Gasteiger partial charge in [0.15, 0.2) is 11.6 Å². The summed E-state index contributed by atoms with van der Waals surface area (Å²) in [5.41, 5.74) is 2.12. The lowest BCUT2D eigenvalue weighted by molar-refractivity contribution is -0.137. The number of rotatable bonds is 10. The van der Waals surface area contributed by atoms with Crippen LogP contribution in [0.2, 0.25) is 0 Å². The van der Waals surface area contributed by atoms with Crippen molar-refractivity contribution in [3.63, 3.8) is 0 Å². The molecule has 0 bridgehead atoms. The summed E-state index contributed by atoms with van der Waals surface area (Å²) in [5, 5.41) is 17.7. The molecule has 8 nitrogen and oxygen atoms in total. The zero-order valence-electron chi connectivity index (χ0n) is 22.7. The van der Waals surface area contributed by atoms with E-state index in [2.05, 4.69) is 10.6 Å². The highest BCUT2D eigenvalue weighted by Crippen LogP contribution is 2.36. The summed E-state index contributed by atoms with van der Waals surface area (Å²) in [6, 6.07) is 16.4. The Labute approximate surface area is 241 Å². The largest absolute Gasteiger partial charge is 0.416 e. The summed E-state index contributed by atoms with van der Waals surface area (Å²) < 4.78 is 70.7. The van der Waals surface area contributed by atoms with Crippen molar-refractivity contribution in [1.29, 1.82) is 0 Å². The van der Waals surface area contributed by atoms with Crippen molar-refractivity contribution in [1.82, 2.24) is 15.2 Å². The molecular weight excluding hydrogens is 571 g/mol. The summed E-state index contributed by atoms with van der Waals surface area (Å²) in [5.74, 6) is -0.792. The molecule has 0 unspecified atom stereocenters. The first-order valence-corrected chi connectivity index (χ1v) is 15.0. The van der Waals surface area contributed by atoms with Crippen LogP contribution in [0.25, 0.3) is 10.9 Å². The highest BCUT2D eigenvalue weighted by atomic mass is 32.2. The van der Waals surface area contributed by atoms with Crippen molar-refractivity contribution in [3.05, 3.63) is 101 Å². The SMILES string of the molecule is CCc1cn2c3c(cc(C(=O)N[C@@H](Cc4ccccc4)[C@H](O)CNCc4cccc(C(F)(F)F)c4)cc13)OS(=O)(=O)C2. The van der Waals surface area contributed by atoms with E-state index in [0.717, 1.165) is 23.3 Å². The van der Waals surface area contributed by atoms with E-state index in [1.54, 1.807) is 22.9 Å². The smallest absolute Gasteiger partial charge is 0.390 e. The third kappa shape index (κ3) is 6.61. The molecule has 3 aromatic carbocycles. The van der Waals surface area contributed by atoms with Gasteiger partial charge in [-0.2, -0.15) is 21.6 Å². The molecule has 0 saturated heterocycles. The molecule has 0 radical (unpaired) electrons. The van der Waals surface area contributed by atoms with Crippen LogP contribution in [-0.4, -0.2) is 42.7 Å². The molecule has 12 heteroatoms. The van der Waals surface area contributed by atoms with E-state index >= 15 is 0 Å². The van der Waals surface area contributed by atoms with Crippen LogP contribution >= 0.6 is 0 Å². The van der Waals surface area contributed by atoms with Crippen LogP contribution in [-0.2, 0) is 41.6 Å². The second-order valence-electron chi connectivity index (χ2n) is 10.3. The van der Waals surface area contributed by atoms with E-state index in [1.807, 2.05) is 37.3 Å². The maximum absolute atomic E-state index is 13.5. The molecule has 1 aromatic heterocycles. The third-order valence-electron chi connectivity index (χ3n) is 7.19. The fourth-order valence-electron chi connectivity index (χ4n) is 5.15. The number of benzene rings is 3. The third-order valence-corrected chi connectivity index (χ3v) is 8.22. The number of aliphatic hydroxyl groups excluding tert-OH is 1.